The summed E-state index contributed by atoms with van der Waals surface area (Å²) < 4.78 is 23.3. The van der Waals surface area contributed by atoms with Gasteiger partial charge in [-0.05, 0) is 113 Å². The summed E-state index contributed by atoms with van der Waals surface area (Å²) in [5.41, 5.74) is 1.19. The number of anilines is 1. The fraction of sp³-hybridized carbons (Fsp3) is 0.500. The molecule has 5 heterocycles. The van der Waals surface area contributed by atoms with Gasteiger partial charge in [-0.3, -0.25) is 9.69 Å². The molecule has 0 spiro atoms. The fourth-order valence-corrected chi connectivity index (χ4v) is 8.98. The lowest BCUT2D eigenvalue weighted by Gasteiger charge is -2.42. The molecule has 9 nitrogen and oxygen atoms in total. The van der Waals surface area contributed by atoms with Crippen molar-refractivity contribution >= 4 is 33.4 Å². The van der Waals surface area contributed by atoms with Gasteiger partial charge in [0.15, 0.2) is 5.82 Å². The molecule has 48 heavy (non-hydrogen) atoms. The van der Waals surface area contributed by atoms with Crippen LogP contribution in [-0.2, 0) is 4.79 Å². The van der Waals surface area contributed by atoms with Crippen molar-refractivity contribution in [1.82, 2.24) is 24.7 Å². The summed E-state index contributed by atoms with van der Waals surface area (Å²) in [5.74, 6) is 0.504. The fourth-order valence-electron chi connectivity index (χ4n) is 8.98. The van der Waals surface area contributed by atoms with Gasteiger partial charge in [-0.1, -0.05) is 30.3 Å². The number of piperazine rings is 1. The highest BCUT2D eigenvalue weighted by atomic mass is 19.1. The van der Waals surface area contributed by atoms with Crippen LogP contribution in [-0.4, -0.2) is 107 Å². The topological polar surface area (TPSA) is 85.3 Å². The number of phenolic OH excluding ortho intramolecular Hbond substituents is 1. The van der Waals surface area contributed by atoms with Crippen LogP contribution in [0.15, 0.2) is 48.5 Å². The molecule has 3 aromatic carbocycles. The Bertz CT molecular complexity index is 1840. The Balaban J connectivity index is 1.17. The Morgan fingerprint density at radius 1 is 1.00 bits per heavy atom. The second-order valence-electron chi connectivity index (χ2n) is 14.6. The van der Waals surface area contributed by atoms with E-state index in [1.807, 2.05) is 44.4 Å². The molecule has 1 aromatic heterocycles. The maximum atomic E-state index is 16.9. The minimum atomic E-state index is -0.462. The van der Waals surface area contributed by atoms with Crippen LogP contribution >= 0.6 is 0 Å². The number of hydrogen-bond acceptors (Lipinski definition) is 8. The molecule has 0 radical (unpaired) electrons. The van der Waals surface area contributed by atoms with E-state index in [1.165, 1.54) is 0 Å². The summed E-state index contributed by atoms with van der Waals surface area (Å²) in [4.78, 5) is 32.1. The zero-order valence-electron chi connectivity index (χ0n) is 28.0. The number of aromatic hydroxyl groups is 1. The summed E-state index contributed by atoms with van der Waals surface area (Å²) in [6.07, 6.45) is 7.79. The summed E-state index contributed by atoms with van der Waals surface area (Å²) in [7, 11) is 4.07. The van der Waals surface area contributed by atoms with Crippen LogP contribution < -0.4 is 9.64 Å². The van der Waals surface area contributed by atoms with Crippen LogP contribution in [0.5, 0.6) is 11.8 Å². The first-order valence-corrected chi connectivity index (χ1v) is 17.6. The number of fused-ring (bicyclic) bond motifs is 5. The van der Waals surface area contributed by atoms with Gasteiger partial charge >= 0.3 is 6.01 Å². The van der Waals surface area contributed by atoms with Crippen LogP contribution in [0, 0.1) is 5.82 Å². The minimum absolute atomic E-state index is 0.00294. The number of rotatable bonds is 9. The number of amides is 1. The lowest BCUT2D eigenvalue weighted by Crippen LogP contribution is -2.56. The van der Waals surface area contributed by atoms with Crippen LogP contribution in [0.2, 0.25) is 0 Å². The molecule has 4 fully saturated rings. The third kappa shape index (κ3) is 5.52. The second-order valence-corrected chi connectivity index (χ2v) is 14.6. The van der Waals surface area contributed by atoms with Gasteiger partial charge in [0.1, 0.15) is 23.7 Å². The molecule has 1 amide bonds. The van der Waals surface area contributed by atoms with Crippen molar-refractivity contribution in [2.24, 2.45) is 0 Å². The summed E-state index contributed by atoms with van der Waals surface area (Å²) in [6, 6.07) is 15.1. The van der Waals surface area contributed by atoms with Crippen LogP contribution in [0.25, 0.3) is 32.8 Å². The number of nitrogens with zero attached hydrogens (tertiary/aromatic N) is 6. The Hall–Kier alpha value is -4.02. The third-order valence-electron chi connectivity index (χ3n) is 11.2. The van der Waals surface area contributed by atoms with Crippen molar-refractivity contribution in [3.8, 4) is 22.9 Å². The lowest BCUT2D eigenvalue weighted by atomic mass is 9.95. The number of carbonyl (C=O) groups is 1. The number of benzene rings is 3. The molecule has 0 saturated carbocycles. The van der Waals surface area contributed by atoms with E-state index >= 15 is 4.39 Å². The molecule has 2 bridgehead atoms. The number of aromatic nitrogens is 2. The average molecular weight is 653 g/mol. The van der Waals surface area contributed by atoms with Crippen molar-refractivity contribution in [2.45, 2.75) is 69.0 Å². The van der Waals surface area contributed by atoms with E-state index < -0.39 is 5.82 Å². The number of halogens is 1. The van der Waals surface area contributed by atoms with Crippen molar-refractivity contribution in [2.75, 3.05) is 58.3 Å². The van der Waals surface area contributed by atoms with Crippen molar-refractivity contribution < 1.29 is 19.0 Å². The smallest absolute Gasteiger partial charge is 0.319 e. The minimum Gasteiger partial charge on any atom is -0.508 e. The maximum absolute atomic E-state index is 16.9. The zero-order valence-corrected chi connectivity index (χ0v) is 28.0. The first-order valence-electron chi connectivity index (χ1n) is 17.6. The Morgan fingerprint density at radius 3 is 2.50 bits per heavy atom. The van der Waals surface area contributed by atoms with Crippen molar-refractivity contribution in [3.05, 3.63) is 54.3 Å². The van der Waals surface area contributed by atoms with Crippen molar-refractivity contribution in [3.63, 3.8) is 0 Å². The number of ether oxygens (including phenoxy) is 1. The van der Waals surface area contributed by atoms with E-state index in [0.29, 0.717) is 48.4 Å². The van der Waals surface area contributed by atoms with Gasteiger partial charge in [0.2, 0.25) is 5.91 Å². The van der Waals surface area contributed by atoms with Gasteiger partial charge in [0.05, 0.1) is 5.54 Å². The molecular formula is C38H45FN6O3. The van der Waals surface area contributed by atoms with Gasteiger partial charge in [0.25, 0.3) is 0 Å². The molecule has 4 aromatic rings. The molecule has 4 aliphatic rings. The zero-order chi connectivity index (χ0) is 33.0. The van der Waals surface area contributed by atoms with Gasteiger partial charge < -0.3 is 24.5 Å². The molecule has 1 N–H and O–H groups in total. The highest BCUT2D eigenvalue weighted by molar-refractivity contribution is 6.01. The largest absolute Gasteiger partial charge is 0.508 e. The standard InChI is InChI=1S/C38H45FN6O3/c1-42(2)17-5-10-33(47)45-26-11-12-27(45)23-43(22-26)36-31-14-13-30(32-21-28(46)20-25-8-3-4-9-29(25)32)34(39)35(31)40-37(41-36)48-24-38-15-6-18-44(38)19-7-16-38/h3-4,8-9,13-14,20-21,26-27,46H,5-7,10-12,15-19,22-24H2,1-2H3/t26-,27+. The van der Waals surface area contributed by atoms with Crippen molar-refractivity contribution in [1.29, 1.82) is 0 Å². The van der Waals surface area contributed by atoms with E-state index in [9.17, 15) is 9.90 Å². The highest BCUT2D eigenvalue weighted by Crippen LogP contribution is 2.42. The average Bonchev–Trinajstić information content (AvgIpc) is 3.74. The lowest BCUT2D eigenvalue weighted by molar-refractivity contribution is -0.134. The monoisotopic (exact) mass is 652 g/mol. The quantitative estimate of drug-likeness (QED) is 0.242. The molecule has 4 aliphatic heterocycles. The predicted molar refractivity (Wildman–Crippen MR) is 186 cm³/mol. The molecule has 10 heteroatoms. The predicted octanol–water partition coefficient (Wildman–Crippen LogP) is 5.82. The van der Waals surface area contributed by atoms with Crippen LogP contribution in [0.4, 0.5) is 10.2 Å². The van der Waals surface area contributed by atoms with Gasteiger partial charge in [-0.15, -0.1) is 0 Å². The molecule has 4 saturated heterocycles. The number of hydrogen-bond donors (Lipinski definition) is 1. The van der Waals surface area contributed by atoms with E-state index in [2.05, 4.69) is 19.6 Å². The van der Waals surface area contributed by atoms with Crippen LogP contribution in [0.3, 0.4) is 0 Å². The Labute approximate surface area is 281 Å². The summed E-state index contributed by atoms with van der Waals surface area (Å²) >= 11 is 0. The van der Waals surface area contributed by atoms with E-state index in [0.717, 1.165) is 75.4 Å². The summed E-state index contributed by atoms with van der Waals surface area (Å²) in [6.45, 7) is 4.83. The summed E-state index contributed by atoms with van der Waals surface area (Å²) in [5, 5.41) is 12.9. The highest BCUT2D eigenvalue weighted by Gasteiger charge is 2.46. The second kappa shape index (κ2) is 12.5. The maximum Gasteiger partial charge on any atom is 0.319 e. The molecule has 8 rings (SSSR count). The van der Waals surface area contributed by atoms with Gasteiger partial charge in [0, 0.05) is 42.5 Å². The molecular weight excluding hydrogens is 607 g/mol. The first-order chi connectivity index (χ1) is 23.3. The normalized spacial score (nSPS) is 21.9. The van der Waals surface area contributed by atoms with Crippen LogP contribution in [0.1, 0.15) is 51.4 Å². The van der Waals surface area contributed by atoms with Gasteiger partial charge in [-0.2, -0.15) is 9.97 Å². The third-order valence-corrected chi connectivity index (χ3v) is 11.2. The molecule has 0 aliphatic carbocycles. The molecule has 2 atom stereocenters. The number of phenols is 1. The SMILES string of the molecule is CN(C)CCCC(=O)N1[C@@H]2CC[C@H]1CN(c1nc(OCC34CCCN3CCC4)nc3c(F)c(-c4cc(O)cc5ccccc45)ccc13)C2. The molecule has 0 unspecified atom stereocenters. The van der Waals surface area contributed by atoms with E-state index in [-0.39, 0.29) is 40.8 Å². The first kappa shape index (κ1) is 31.3. The van der Waals surface area contributed by atoms with E-state index in [4.69, 9.17) is 14.7 Å². The Kier molecular flexibility index (Phi) is 8.11. The van der Waals surface area contributed by atoms with Gasteiger partial charge in [-0.25, -0.2) is 4.39 Å². The van der Waals surface area contributed by atoms with E-state index in [1.54, 1.807) is 18.2 Å². The molecule has 252 valence electrons. The Morgan fingerprint density at radius 2 is 1.75 bits per heavy atom. The number of carbonyl (C=O) groups excluding carboxylic acids is 1.